The van der Waals surface area contributed by atoms with E-state index < -0.39 is 0 Å². The highest BCUT2D eigenvalue weighted by atomic mass is 127. The summed E-state index contributed by atoms with van der Waals surface area (Å²) < 4.78 is 1.02. The first-order valence-corrected chi connectivity index (χ1v) is 5.64. The van der Waals surface area contributed by atoms with Crippen molar-refractivity contribution in [3.63, 3.8) is 0 Å². The van der Waals surface area contributed by atoms with Crippen molar-refractivity contribution >= 4 is 28.5 Å². The molecule has 1 aliphatic rings. The molecule has 0 unspecified atom stereocenters. The van der Waals surface area contributed by atoms with E-state index in [-0.39, 0.29) is 12.0 Å². The van der Waals surface area contributed by atoms with Crippen LogP contribution in [0.5, 0.6) is 0 Å². The van der Waals surface area contributed by atoms with Gasteiger partial charge >= 0.3 is 0 Å². The predicted molar refractivity (Wildman–Crippen MR) is 62.0 cm³/mol. The Morgan fingerprint density at radius 2 is 2.07 bits per heavy atom. The Hall–Kier alpha value is -0.430. The molecular weight excluding hydrogens is 293 g/mol. The third kappa shape index (κ3) is 2.33. The summed E-state index contributed by atoms with van der Waals surface area (Å²) in [5.74, 6) is 0.644. The second kappa shape index (κ2) is 3.98. The van der Waals surface area contributed by atoms with Gasteiger partial charge in [0.15, 0.2) is 0 Å². The Kier molecular flexibility index (Phi) is 2.87. The topological polar surface area (TPSA) is 58.0 Å². The molecule has 76 valence electrons. The van der Waals surface area contributed by atoms with Crippen LogP contribution in [0.25, 0.3) is 0 Å². The molecule has 2 rings (SSSR count). The van der Waals surface area contributed by atoms with Gasteiger partial charge in [-0.25, -0.2) is 9.97 Å². The lowest BCUT2D eigenvalue weighted by Crippen LogP contribution is -2.20. The summed E-state index contributed by atoms with van der Waals surface area (Å²) >= 11 is 2.17. The van der Waals surface area contributed by atoms with E-state index in [0.717, 1.165) is 23.0 Å². The van der Waals surface area contributed by atoms with Gasteiger partial charge in [0.1, 0.15) is 0 Å². The van der Waals surface area contributed by atoms with E-state index in [1.165, 1.54) is 0 Å². The van der Waals surface area contributed by atoms with Gasteiger partial charge in [0.25, 0.3) is 0 Å². The summed E-state index contributed by atoms with van der Waals surface area (Å²) in [6, 6.07) is 0. The highest BCUT2D eigenvalue weighted by Crippen LogP contribution is 2.44. The first kappa shape index (κ1) is 10.1. The van der Waals surface area contributed by atoms with Crippen LogP contribution >= 0.6 is 22.6 Å². The van der Waals surface area contributed by atoms with E-state index in [1.54, 1.807) is 12.4 Å². The van der Waals surface area contributed by atoms with Crippen molar-refractivity contribution in [1.82, 2.24) is 9.97 Å². The maximum Gasteiger partial charge on any atom is 0.222 e. The van der Waals surface area contributed by atoms with Crippen molar-refractivity contribution in [3.05, 3.63) is 16.0 Å². The number of halogens is 1. The number of aliphatic hydroxyl groups excluding tert-OH is 1. The van der Waals surface area contributed by atoms with Crippen molar-refractivity contribution in [1.29, 1.82) is 0 Å². The molecule has 0 radical (unpaired) electrons. The summed E-state index contributed by atoms with van der Waals surface area (Å²) in [6.07, 6.45) is 5.74. The second-order valence-electron chi connectivity index (χ2n) is 3.74. The fraction of sp³-hybridized carbons (Fsp3) is 0.556. The summed E-state index contributed by atoms with van der Waals surface area (Å²) in [6.45, 7) is 1.02. The SMILES string of the molecule is OCC1(CNc2ncc(I)cn2)CC1. The fourth-order valence-corrected chi connectivity index (χ4v) is 1.52. The Morgan fingerprint density at radius 1 is 1.43 bits per heavy atom. The molecule has 0 saturated heterocycles. The molecule has 5 heteroatoms. The number of hydrogen-bond donors (Lipinski definition) is 2. The predicted octanol–water partition coefficient (Wildman–Crippen LogP) is 1.27. The number of aromatic nitrogens is 2. The molecule has 1 heterocycles. The van der Waals surface area contributed by atoms with Gasteiger partial charge in [-0.15, -0.1) is 0 Å². The Balaban J connectivity index is 1.89. The van der Waals surface area contributed by atoms with Crippen LogP contribution in [0.1, 0.15) is 12.8 Å². The van der Waals surface area contributed by atoms with E-state index in [4.69, 9.17) is 5.11 Å². The first-order valence-electron chi connectivity index (χ1n) is 4.56. The standard InChI is InChI=1S/C9H12IN3O/c10-7-3-11-8(12-4-7)13-5-9(6-14)1-2-9/h3-4,14H,1-2,5-6H2,(H,11,12,13). The van der Waals surface area contributed by atoms with Crippen LogP contribution in [0.3, 0.4) is 0 Å². The molecule has 0 spiro atoms. The summed E-state index contributed by atoms with van der Waals surface area (Å²) in [7, 11) is 0. The molecule has 0 bridgehead atoms. The third-order valence-corrected chi connectivity index (χ3v) is 3.09. The van der Waals surface area contributed by atoms with Crippen LogP contribution in [0.15, 0.2) is 12.4 Å². The average molecular weight is 305 g/mol. The lowest BCUT2D eigenvalue weighted by atomic mass is 10.1. The smallest absolute Gasteiger partial charge is 0.222 e. The lowest BCUT2D eigenvalue weighted by Gasteiger charge is -2.11. The van der Waals surface area contributed by atoms with Gasteiger partial charge in [0.05, 0.1) is 6.61 Å². The minimum atomic E-state index is 0.104. The number of nitrogens with one attached hydrogen (secondary N) is 1. The molecule has 1 aromatic rings. The summed E-state index contributed by atoms with van der Waals surface area (Å²) in [4.78, 5) is 8.26. The number of aliphatic hydroxyl groups is 1. The zero-order chi connectivity index (χ0) is 10.0. The molecule has 1 fully saturated rings. The average Bonchev–Trinajstić information content (AvgIpc) is 2.98. The molecule has 4 nitrogen and oxygen atoms in total. The molecule has 1 saturated carbocycles. The summed E-state index contributed by atoms with van der Waals surface area (Å²) in [5, 5.41) is 12.2. The lowest BCUT2D eigenvalue weighted by molar-refractivity contribution is 0.219. The first-order chi connectivity index (χ1) is 6.74. The molecule has 0 aliphatic heterocycles. The third-order valence-electron chi connectivity index (χ3n) is 2.53. The molecule has 0 aromatic carbocycles. The highest BCUT2D eigenvalue weighted by molar-refractivity contribution is 14.1. The minimum Gasteiger partial charge on any atom is -0.396 e. The maximum absolute atomic E-state index is 9.10. The van der Waals surface area contributed by atoms with E-state index in [9.17, 15) is 0 Å². The molecular formula is C9H12IN3O. The van der Waals surface area contributed by atoms with Gasteiger partial charge in [0, 0.05) is 27.9 Å². The molecule has 0 atom stereocenters. The van der Waals surface area contributed by atoms with Crippen molar-refractivity contribution in [2.24, 2.45) is 5.41 Å². The van der Waals surface area contributed by atoms with Crippen LogP contribution in [0, 0.1) is 8.99 Å². The molecule has 1 aliphatic carbocycles. The van der Waals surface area contributed by atoms with Crippen molar-refractivity contribution in [2.75, 3.05) is 18.5 Å². The molecule has 0 amide bonds. The zero-order valence-electron chi connectivity index (χ0n) is 7.70. The minimum absolute atomic E-state index is 0.104. The number of nitrogens with zero attached hydrogens (tertiary/aromatic N) is 2. The number of hydrogen-bond acceptors (Lipinski definition) is 4. The van der Waals surface area contributed by atoms with Crippen LogP contribution in [-0.4, -0.2) is 28.2 Å². The van der Waals surface area contributed by atoms with Crippen LogP contribution in [0.4, 0.5) is 5.95 Å². The van der Waals surface area contributed by atoms with Crippen LogP contribution < -0.4 is 5.32 Å². The number of anilines is 1. The fourth-order valence-electron chi connectivity index (χ4n) is 1.24. The van der Waals surface area contributed by atoms with E-state index >= 15 is 0 Å². The van der Waals surface area contributed by atoms with E-state index in [1.807, 2.05) is 0 Å². The van der Waals surface area contributed by atoms with Gasteiger partial charge in [-0.05, 0) is 35.4 Å². The maximum atomic E-state index is 9.10. The van der Waals surface area contributed by atoms with Gasteiger partial charge in [-0.1, -0.05) is 0 Å². The Morgan fingerprint density at radius 3 is 2.57 bits per heavy atom. The summed E-state index contributed by atoms with van der Waals surface area (Å²) in [5.41, 5.74) is 0.104. The van der Waals surface area contributed by atoms with E-state index in [0.29, 0.717) is 5.95 Å². The van der Waals surface area contributed by atoms with Crippen LogP contribution in [0.2, 0.25) is 0 Å². The van der Waals surface area contributed by atoms with Gasteiger partial charge in [0.2, 0.25) is 5.95 Å². The quantitative estimate of drug-likeness (QED) is 0.823. The number of rotatable bonds is 4. The molecule has 1 aromatic heterocycles. The van der Waals surface area contributed by atoms with Crippen molar-refractivity contribution < 1.29 is 5.11 Å². The normalized spacial score (nSPS) is 17.9. The van der Waals surface area contributed by atoms with E-state index in [2.05, 4.69) is 37.9 Å². The monoisotopic (exact) mass is 305 g/mol. The van der Waals surface area contributed by atoms with Crippen LogP contribution in [-0.2, 0) is 0 Å². The largest absolute Gasteiger partial charge is 0.396 e. The van der Waals surface area contributed by atoms with Crippen molar-refractivity contribution in [2.45, 2.75) is 12.8 Å². The van der Waals surface area contributed by atoms with Crippen molar-refractivity contribution in [3.8, 4) is 0 Å². The second-order valence-corrected chi connectivity index (χ2v) is 4.98. The molecule has 2 N–H and O–H groups in total. The molecule has 14 heavy (non-hydrogen) atoms. The van der Waals surface area contributed by atoms with Gasteiger partial charge < -0.3 is 10.4 Å². The Labute approximate surface area is 96.3 Å². The Bertz CT molecular complexity index is 310. The highest BCUT2D eigenvalue weighted by Gasteiger charge is 2.41. The van der Waals surface area contributed by atoms with Gasteiger partial charge in [-0.2, -0.15) is 0 Å². The zero-order valence-corrected chi connectivity index (χ0v) is 9.86. The van der Waals surface area contributed by atoms with Gasteiger partial charge in [-0.3, -0.25) is 0 Å².